The molecular formula is C40H55N3O5S. The van der Waals surface area contributed by atoms with Gasteiger partial charge in [-0.1, -0.05) is 83.5 Å². The normalized spacial score (nSPS) is 13.9. The third-order valence-corrected chi connectivity index (χ3v) is 9.63. The van der Waals surface area contributed by atoms with Gasteiger partial charge in [-0.05, 0) is 101 Å². The summed E-state index contributed by atoms with van der Waals surface area (Å²) in [7, 11) is 1.30. The molecule has 1 aliphatic carbocycles. The Kier molecular flexibility index (Phi) is 17.2. The summed E-state index contributed by atoms with van der Waals surface area (Å²) in [5.74, 6) is -0.0426. The monoisotopic (exact) mass is 689 g/mol. The van der Waals surface area contributed by atoms with Crippen LogP contribution in [0.3, 0.4) is 0 Å². The Balaban J connectivity index is 1.53. The molecule has 0 unspecified atom stereocenters. The lowest BCUT2D eigenvalue weighted by molar-refractivity contribution is -0.144. The first-order valence-electron chi connectivity index (χ1n) is 17.4. The highest BCUT2D eigenvalue weighted by Crippen LogP contribution is 2.44. The Morgan fingerprint density at radius 2 is 1.45 bits per heavy atom. The second-order valence-electron chi connectivity index (χ2n) is 12.9. The molecule has 0 aromatic heterocycles. The SMILES string of the molecule is COC(=O)[C@H](CSC/C=C(\C)CC/C=C(\C)CCC=C(C)C)NC(=O)[C@H](CCCCN)NC(=O)OCC1c2ccccc2-c2ccccc21. The van der Waals surface area contributed by atoms with Gasteiger partial charge in [0.05, 0.1) is 7.11 Å². The molecule has 0 fully saturated rings. The Bertz CT molecular complexity index is 1430. The van der Waals surface area contributed by atoms with Crippen LogP contribution in [0.15, 0.2) is 83.5 Å². The van der Waals surface area contributed by atoms with Crippen LogP contribution in [-0.4, -0.2) is 61.8 Å². The van der Waals surface area contributed by atoms with E-state index in [-0.39, 0.29) is 12.5 Å². The maximum atomic E-state index is 13.5. The van der Waals surface area contributed by atoms with Crippen molar-refractivity contribution in [2.45, 2.75) is 90.6 Å². The standard InChI is InChI=1S/C40H55N3O5S/c1-28(2)14-12-15-29(3)16-13-17-30(4)23-25-49-27-37(39(45)47-5)42-38(44)36(22-10-11-24-41)43-40(46)48-26-35-33-20-8-6-18-31(33)32-19-7-9-21-34(32)35/h6-9,14,16,18-21,23,35-37H,10-13,15,17,22,24-27,41H2,1-5H3,(H,42,44)(H,43,46)/b29-16+,30-23+/t36-,37-/m0/s1. The summed E-state index contributed by atoms with van der Waals surface area (Å²) in [6.07, 6.45) is 11.9. The minimum absolute atomic E-state index is 0.0979. The molecule has 0 heterocycles. The summed E-state index contributed by atoms with van der Waals surface area (Å²) in [5.41, 5.74) is 14.2. The molecule has 2 amide bonds. The average molecular weight is 690 g/mol. The predicted octanol–water partition coefficient (Wildman–Crippen LogP) is 7.83. The highest BCUT2D eigenvalue weighted by atomic mass is 32.2. The van der Waals surface area contributed by atoms with Gasteiger partial charge < -0.3 is 25.8 Å². The van der Waals surface area contributed by atoms with Crippen molar-refractivity contribution in [3.05, 3.63) is 94.6 Å². The first-order valence-corrected chi connectivity index (χ1v) is 18.5. The number of ether oxygens (including phenoxy) is 2. The summed E-state index contributed by atoms with van der Waals surface area (Å²) < 4.78 is 10.7. The van der Waals surface area contributed by atoms with Crippen LogP contribution in [0.25, 0.3) is 11.1 Å². The van der Waals surface area contributed by atoms with Crippen LogP contribution in [0, 0.1) is 0 Å². The van der Waals surface area contributed by atoms with Gasteiger partial charge in [-0.2, -0.15) is 11.8 Å². The number of thioether (sulfide) groups is 1. The number of unbranched alkanes of at least 4 members (excludes halogenated alkanes) is 1. The summed E-state index contributed by atoms with van der Waals surface area (Å²) in [4.78, 5) is 39.2. The highest BCUT2D eigenvalue weighted by Gasteiger charge is 2.31. The van der Waals surface area contributed by atoms with E-state index in [1.54, 1.807) is 11.8 Å². The molecule has 9 heteroatoms. The zero-order valence-electron chi connectivity index (χ0n) is 29.9. The first kappa shape index (κ1) is 39.6. The first-order chi connectivity index (χ1) is 23.6. The van der Waals surface area contributed by atoms with Gasteiger partial charge in [0, 0.05) is 17.4 Å². The van der Waals surface area contributed by atoms with Gasteiger partial charge in [0.25, 0.3) is 0 Å². The number of esters is 1. The van der Waals surface area contributed by atoms with E-state index >= 15 is 0 Å². The number of nitrogens with one attached hydrogen (secondary N) is 2. The van der Waals surface area contributed by atoms with Crippen molar-refractivity contribution in [3.63, 3.8) is 0 Å². The van der Waals surface area contributed by atoms with Crippen molar-refractivity contribution in [2.75, 3.05) is 31.8 Å². The third-order valence-electron chi connectivity index (χ3n) is 8.66. The highest BCUT2D eigenvalue weighted by molar-refractivity contribution is 7.99. The van der Waals surface area contributed by atoms with Gasteiger partial charge in [-0.15, -0.1) is 0 Å². The molecule has 4 N–H and O–H groups in total. The number of methoxy groups -OCH3 is 1. The molecule has 0 saturated carbocycles. The zero-order chi connectivity index (χ0) is 35.6. The summed E-state index contributed by atoms with van der Waals surface area (Å²) in [6.45, 7) is 9.16. The van der Waals surface area contributed by atoms with E-state index in [2.05, 4.69) is 80.8 Å². The predicted molar refractivity (Wildman–Crippen MR) is 202 cm³/mol. The van der Waals surface area contributed by atoms with Crippen LogP contribution in [0.5, 0.6) is 0 Å². The molecule has 2 aromatic carbocycles. The number of carbonyl (C=O) groups excluding carboxylic acids is 3. The largest absolute Gasteiger partial charge is 0.467 e. The van der Waals surface area contributed by atoms with Crippen molar-refractivity contribution in [1.82, 2.24) is 10.6 Å². The molecule has 0 radical (unpaired) electrons. The Morgan fingerprint density at radius 1 is 0.837 bits per heavy atom. The van der Waals surface area contributed by atoms with E-state index < -0.39 is 30.1 Å². The van der Waals surface area contributed by atoms with E-state index in [4.69, 9.17) is 15.2 Å². The number of hydrogen-bond donors (Lipinski definition) is 3. The van der Waals surface area contributed by atoms with Crippen LogP contribution >= 0.6 is 11.8 Å². The van der Waals surface area contributed by atoms with Gasteiger partial charge in [0.15, 0.2) is 0 Å². The number of amides is 2. The number of carbonyl (C=O) groups is 3. The molecule has 0 spiro atoms. The smallest absolute Gasteiger partial charge is 0.407 e. The van der Waals surface area contributed by atoms with E-state index in [0.717, 1.165) is 47.9 Å². The number of benzene rings is 2. The van der Waals surface area contributed by atoms with E-state index in [9.17, 15) is 14.4 Å². The second-order valence-corrected chi connectivity index (χ2v) is 14.0. The summed E-state index contributed by atoms with van der Waals surface area (Å²) in [6, 6.07) is 14.5. The molecule has 0 aliphatic heterocycles. The van der Waals surface area contributed by atoms with Crippen molar-refractivity contribution in [2.24, 2.45) is 5.73 Å². The quantitative estimate of drug-likeness (QED) is 0.0737. The minimum atomic E-state index is -0.889. The maximum absolute atomic E-state index is 13.5. The van der Waals surface area contributed by atoms with Crippen molar-refractivity contribution in [1.29, 1.82) is 0 Å². The molecule has 266 valence electrons. The van der Waals surface area contributed by atoms with Crippen LogP contribution in [0.4, 0.5) is 4.79 Å². The van der Waals surface area contributed by atoms with Gasteiger partial charge in [-0.3, -0.25) is 4.79 Å². The molecule has 2 aromatic rings. The molecule has 0 saturated heterocycles. The summed E-state index contributed by atoms with van der Waals surface area (Å²) >= 11 is 1.54. The van der Waals surface area contributed by atoms with E-state index in [0.29, 0.717) is 37.3 Å². The topological polar surface area (TPSA) is 120 Å². The Hall–Kier alpha value is -3.82. The Labute approximate surface area is 297 Å². The van der Waals surface area contributed by atoms with Crippen LogP contribution in [0.1, 0.15) is 89.7 Å². The molecule has 49 heavy (non-hydrogen) atoms. The van der Waals surface area contributed by atoms with Gasteiger partial charge in [0.1, 0.15) is 18.7 Å². The number of fused-ring (bicyclic) bond motifs is 3. The van der Waals surface area contributed by atoms with Crippen molar-refractivity contribution >= 4 is 29.7 Å². The van der Waals surface area contributed by atoms with Crippen molar-refractivity contribution in [3.8, 4) is 11.1 Å². The van der Waals surface area contributed by atoms with Gasteiger partial charge in [-0.25, -0.2) is 9.59 Å². The molecular weight excluding hydrogens is 635 g/mol. The number of allylic oxidation sites excluding steroid dienone is 5. The van der Waals surface area contributed by atoms with Crippen LogP contribution < -0.4 is 16.4 Å². The number of hydrogen-bond acceptors (Lipinski definition) is 7. The minimum Gasteiger partial charge on any atom is -0.467 e. The number of alkyl carbamates (subject to hydrolysis) is 1. The fourth-order valence-electron chi connectivity index (χ4n) is 5.85. The number of rotatable bonds is 20. The number of nitrogens with two attached hydrogens (primary N) is 1. The second kappa shape index (κ2) is 21.3. The van der Waals surface area contributed by atoms with Crippen molar-refractivity contribution < 1.29 is 23.9 Å². The fraction of sp³-hybridized carbons (Fsp3) is 0.475. The lowest BCUT2D eigenvalue weighted by Crippen LogP contribution is -2.52. The molecule has 8 nitrogen and oxygen atoms in total. The molecule has 1 aliphatic rings. The zero-order valence-corrected chi connectivity index (χ0v) is 30.7. The van der Waals surface area contributed by atoms with Crippen LogP contribution in [0.2, 0.25) is 0 Å². The molecule has 3 rings (SSSR count). The fourth-order valence-corrected chi connectivity index (χ4v) is 6.85. The molecule has 0 bridgehead atoms. The summed E-state index contributed by atoms with van der Waals surface area (Å²) in [5, 5.41) is 5.56. The lowest BCUT2D eigenvalue weighted by atomic mass is 9.98. The van der Waals surface area contributed by atoms with E-state index in [1.807, 2.05) is 24.3 Å². The average Bonchev–Trinajstić information content (AvgIpc) is 3.41. The van der Waals surface area contributed by atoms with Crippen LogP contribution in [-0.2, 0) is 19.1 Å². The Morgan fingerprint density at radius 3 is 2.06 bits per heavy atom. The van der Waals surface area contributed by atoms with E-state index in [1.165, 1.54) is 23.8 Å². The maximum Gasteiger partial charge on any atom is 0.407 e. The third kappa shape index (κ3) is 13.2. The van der Waals surface area contributed by atoms with Gasteiger partial charge in [0.2, 0.25) is 5.91 Å². The van der Waals surface area contributed by atoms with Gasteiger partial charge >= 0.3 is 12.1 Å². The molecule has 2 atom stereocenters. The lowest BCUT2D eigenvalue weighted by Gasteiger charge is -2.22.